The van der Waals surface area contributed by atoms with Gasteiger partial charge in [-0.15, -0.1) is 0 Å². The highest BCUT2D eigenvalue weighted by atomic mass is 32.2. The van der Waals surface area contributed by atoms with Crippen molar-refractivity contribution in [2.24, 2.45) is 0 Å². The third kappa shape index (κ3) is 5.32. The number of carbonyl (C=O) groups excluding carboxylic acids is 1. The van der Waals surface area contributed by atoms with Gasteiger partial charge >= 0.3 is 0 Å². The summed E-state index contributed by atoms with van der Waals surface area (Å²) in [4.78, 5) is 12.9. The summed E-state index contributed by atoms with van der Waals surface area (Å²) in [6.45, 7) is 7.69. The smallest absolute Gasteiger partial charge is 0.248 e. The Bertz CT molecular complexity index is 885. The van der Waals surface area contributed by atoms with Gasteiger partial charge in [0.25, 0.3) is 0 Å². The number of sulfonamides is 1. The molecule has 1 amide bonds. The molecule has 0 aromatic heterocycles. The molecule has 1 atom stereocenters. The Balaban J connectivity index is 2.37. The number of nitrogens with zero attached hydrogens (tertiary/aromatic N) is 1. The molecule has 0 fully saturated rings. The summed E-state index contributed by atoms with van der Waals surface area (Å²) < 4.78 is 26.3. The SMILES string of the molecule is CCc1ccc(NC(=O)C(CC)N(c2cc(C)cc(C)c2)S(C)(=O)=O)cc1. The molecule has 2 aromatic rings. The molecule has 0 saturated heterocycles. The zero-order valence-electron chi connectivity index (χ0n) is 16.6. The number of hydrogen-bond acceptors (Lipinski definition) is 3. The minimum atomic E-state index is -3.64. The second-order valence-corrected chi connectivity index (χ2v) is 8.73. The van der Waals surface area contributed by atoms with Crippen LogP contribution in [-0.4, -0.2) is 26.6 Å². The van der Waals surface area contributed by atoms with Crippen LogP contribution in [0.5, 0.6) is 0 Å². The minimum absolute atomic E-state index is 0.341. The van der Waals surface area contributed by atoms with Gasteiger partial charge in [-0.25, -0.2) is 8.42 Å². The summed E-state index contributed by atoms with van der Waals surface area (Å²) in [5.74, 6) is -0.341. The zero-order chi connectivity index (χ0) is 20.2. The molecular weight excluding hydrogens is 360 g/mol. The highest BCUT2D eigenvalue weighted by Gasteiger charge is 2.31. The zero-order valence-corrected chi connectivity index (χ0v) is 17.4. The van der Waals surface area contributed by atoms with Crippen molar-refractivity contribution in [3.8, 4) is 0 Å². The van der Waals surface area contributed by atoms with Crippen LogP contribution in [0.1, 0.15) is 37.0 Å². The fourth-order valence-electron chi connectivity index (χ4n) is 3.19. The van der Waals surface area contributed by atoms with Gasteiger partial charge in [0, 0.05) is 5.69 Å². The summed E-state index contributed by atoms with van der Waals surface area (Å²) in [7, 11) is -3.64. The van der Waals surface area contributed by atoms with E-state index in [1.807, 2.05) is 51.1 Å². The summed E-state index contributed by atoms with van der Waals surface area (Å²) in [6, 6.07) is 12.3. The minimum Gasteiger partial charge on any atom is -0.324 e. The van der Waals surface area contributed by atoms with Gasteiger partial charge in [-0.1, -0.05) is 32.0 Å². The van der Waals surface area contributed by atoms with Crippen LogP contribution in [0.2, 0.25) is 0 Å². The molecule has 0 bridgehead atoms. The van der Waals surface area contributed by atoms with Gasteiger partial charge in [0.15, 0.2) is 0 Å². The Labute approximate surface area is 162 Å². The van der Waals surface area contributed by atoms with Gasteiger partial charge in [0.1, 0.15) is 6.04 Å². The lowest BCUT2D eigenvalue weighted by molar-refractivity contribution is -0.117. The molecule has 0 radical (unpaired) electrons. The molecule has 0 heterocycles. The van der Waals surface area contributed by atoms with E-state index in [1.54, 1.807) is 12.1 Å². The second-order valence-electron chi connectivity index (χ2n) is 6.87. The van der Waals surface area contributed by atoms with E-state index in [0.29, 0.717) is 17.8 Å². The van der Waals surface area contributed by atoms with Crippen LogP contribution >= 0.6 is 0 Å². The maximum Gasteiger partial charge on any atom is 0.248 e. The van der Waals surface area contributed by atoms with Gasteiger partial charge < -0.3 is 5.32 Å². The van der Waals surface area contributed by atoms with Crippen molar-refractivity contribution < 1.29 is 13.2 Å². The van der Waals surface area contributed by atoms with Crippen LogP contribution in [0, 0.1) is 13.8 Å². The molecule has 0 spiro atoms. The first-order chi connectivity index (χ1) is 12.7. The third-order valence-corrected chi connectivity index (χ3v) is 5.60. The number of benzene rings is 2. The summed E-state index contributed by atoms with van der Waals surface area (Å²) in [5, 5.41) is 2.85. The Morgan fingerprint density at radius 1 is 1.04 bits per heavy atom. The predicted octanol–water partition coefficient (Wildman–Crippen LogP) is 4.05. The molecule has 0 aliphatic rings. The van der Waals surface area contributed by atoms with Gasteiger partial charge in [-0.2, -0.15) is 0 Å². The largest absolute Gasteiger partial charge is 0.324 e. The number of rotatable bonds is 7. The van der Waals surface area contributed by atoms with Crippen LogP contribution in [0.15, 0.2) is 42.5 Å². The number of carbonyl (C=O) groups is 1. The van der Waals surface area contributed by atoms with Crippen molar-refractivity contribution in [3.05, 3.63) is 59.2 Å². The fraction of sp³-hybridized carbons (Fsp3) is 0.381. The molecular formula is C21H28N2O3S. The molecule has 2 aromatic carbocycles. The van der Waals surface area contributed by atoms with E-state index in [9.17, 15) is 13.2 Å². The molecule has 1 unspecified atom stereocenters. The lowest BCUT2D eigenvalue weighted by Gasteiger charge is -2.30. The van der Waals surface area contributed by atoms with E-state index in [1.165, 1.54) is 9.87 Å². The lowest BCUT2D eigenvalue weighted by Crippen LogP contribution is -2.47. The topological polar surface area (TPSA) is 66.5 Å². The predicted molar refractivity (Wildman–Crippen MR) is 112 cm³/mol. The normalized spacial score (nSPS) is 12.5. The second kappa shape index (κ2) is 8.57. The first-order valence-corrected chi connectivity index (χ1v) is 11.0. The maximum absolute atomic E-state index is 12.9. The van der Waals surface area contributed by atoms with Gasteiger partial charge in [0.05, 0.1) is 11.9 Å². The average Bonchev–Trinajstić information content (AvgIpc) is 2.58. The van der Waals surface area contributed by atoms with E-state index in [0.717, 1.165) is 23.8 Å². The first-order valence-electron chi connectivity index (χ1n) is 9.13. The van der Waals surface area contributed by atoms with Crippen LogP contribution in [-0.2, 0) is 21.2 Å². The monoisotopic (exact) mass is 388 g/mol. The number of amides is 1. The number of nitrogens with one attached hydrogen (secondary N) is 1. The number of anilines is 2. The van der Waals surface area contributed by atoms with E-state index >= 15 is 0 Å². The van der Waals surface area contributed by atoms with Crippen molar-refractivity contribution in [1.82, 2.24) is 0 Å². The number of aryl methyl sites for hydroxylation is 3. The summed E-state index contributed by atoms with van der Waals surface area (Å²) in [6.07, 6.45) is 2.41. The van der Waals surface area contributed by atoms with E-state index in [4.69, 9.17) is 0 Å². The molecule has 2 rings (SSSR count). The quantitative estimate of drug-likeness (QED) is 0.778. The fourth-order valence-corrected chi connectivity index (χ4v) is 4.38. The number of hydrogen-bond donors (Lipinski definition) is 1. The highest BCUT2D eigenvalue weighted by Crippen LogP contribution is 2.26. The Hall–Kier alpha value is -2.34. The van der Waals surface area contributed by atoms with Crippen molar-refractivity contribution in [1.29, 1.82) is 0 Å². The Kier molecular flexibility index (Phi) is 6.65. The maximum atomic E-state index is 12.9. The molecule has 0 saturated carbocycles. The van der Waals surface area contributed by atoms with Crippen molar-refractivity contribution in [2.75, 3.05) is 15.9 Å². The molecule has 1 N–H and O–H groups in total. The molecule has 146 valence electrons. The standard InChI is InChI=1S/C21H28N2O3S/c1-6-17-8-10-18(11-9-17)22-21(24)20(7-2)23(27(5,25)26)19-13-15(3)12-16(4)14-19/h8-14,20H,6-7H2,1-5H3,(H,22,24). The van der Waals surface area contributed by atoms with Gasteiger partial charge in [0.2, 0.25) is 15.9 Å². The molecule has 6 heteroatoms. The molecule has 27 heavy (non-hydrogen) atoms. The summed E-state index contributed by atoms with van der Waals surface area (Å²) >= 11 is 0. The van der Waals surface area contributed by atoms with Crippen LogP contribution < -0.4 is 9.62 Å². The lowest BCUT2D eigenvalue weighted by atomic mass is 10.1. The Morgan fingerprint density at radius 2 is 1.59 bits per heavy atom. The van der Waals surface area contributed by atoms with Crippen molar-refractivity contribution in [3.63, 3.8) is 0 Å². The van der Waals surface area contributed by atoms with Crippen molar-refractivity contribution in [2.45, 2.75) is 46.6 Å². The van der Waals surface area contributed by atoms with Crippen molar-refractivity contribution >= 4 is 27.3 Å². The van der Waals surface area contributed by atoms with E-state index in [-0.39, 0.29) is 5.91 Å². The summed E-state index contributed by atoms with van der Waals surface area (Å²) in [5.41, 5.74) is 4.24. The third-order valence-electron chi connectivity index (χ3n) is 4.42. The van der Waals surface area contributed by atoms with Crippen LogP contribution in [0.4, 0.5) is 11.4 Å². The van der Waals surface area contributed by atoms with Crippen LogP contribution in [0.25, 0.3) is 0 Å². The Morgan fingerprint density at radius 3 is 2.04 bits per heavy atom. The van der Waals surface area contributed by atoms with Gasteiger partial charge in [-0.3, -0.25) is 9.10 Å². The average molecular weight is 389 g/mol. The first kappa shape index (κ1) is 21.0. The molecule has 0 aliphatic carbocycles. The highest BCUT2D eigenvalue weighted by molar-refractivity contribution is 7.92. The van der Waals surface area contributed by atoms with Gasteiger partial charge in [-0.05, 0) is 67.6 Å². The molecule has 0 aliphatic heterocycles. The molecule has 5 nitrogen and oxygen atoms in total. The van der Waals surface area contributed by atoms with Crippen LogP contribution in [0.3, 0.4) is 0 Å². The van der Waals surface area contributed by atoms with E-state index < -0.39 is 16.1 Å². The van der Waals surface area contributed by atoms with E-state index in [2.05, 4.69) is 12.2 Å².